The Hall–Kier alpha value is -1.46. The highest BCUT2D eigenvalue weighted by Crippen LogP contribution is 2.20. The molecule has 2 aromatic rings. The van der Waals surface area contributed by atoms with E-state index in [9.17, 15) is 0 Å². The van der Waals surface area contributed by atoms with Crippen LogP contribution in [0.4, 0.5) is 0 Å². The molecular formula is C15H23N3OSi. The lowest BCUT2D eigenvalue weighted by Gasteiger charge is -2.15. The van der Waals surface area contributed by atoms with Gasteiger partial charge < -0.3 is 9.30 Å². The summed E-state index contributed by atoms with van der Waals surface area (Å²) in [7, 11) is -1.01. The summed E-state index contributed by atoms with van der Waals surface area (Å²) in [5, 5.41) is 0. The summed E-state index contributed by atoms with van der Waals surface area (Å²) < 4.78 is 7.83. The Morgan fingerprint density at radius 1 is 1.20 bits per heavy atom. The van der Waals surface area contributed by atoms with E-state index in [-0.39, 0.29) is 0 Å². The van der Waals surface area contributed by atoms with E-state index >= 15 is 0 Å². The lowest BCUT2D eigenvalue weighted by atomic mass is 10.2. The Bertz CT molecular complexity index is 546. The molecule has 4 nitrogen and oxygen atoms in total. The van der Waals surface area contributed by atoms with Crippen molar-refractivity contribution in [2.24, 2.45) is 0 Å². The van der Waals surface area contributed by atoms with E-state index in [2.05, 4.69) is 41.1 Å². The van der Waals surface area contributed by atoms with Gasteiger partial charge in [0.25, 0.3) is 0 Å². The molecule has 0 atom stereocenters. The molecule has 0 unspecified atom stereocenters. The van der Waals surface area contributed by atoms with Crippen LogP contribution in [0.1, 0.15) is 5.69 Å². The van der Waals surface area contributed by atoms with Crippen LogP contribution in [-0.4, -0.2) is 29.2 Å². The maximum absolute atomic E-state index is 5.77. The van der Waals surface area contributed by atoms with Crippen LogP contribution in [0.15, 0.2) is 30.9 Å². The molecule has 2 heterocycles. The van der Waals surface area contributed by atoms with E-state index in [0.717, 1.165) is 23.6 Å². The van der Waals surface area contributed by atoms with Gasteiger partial charge in [-0.3, -0.25) is 4.98 Å². The smallest absolute Gasteiger partial charge is 0.124 e. The monoisotopic (exact) mass is 289 g/mol. The third kappa shape index (κ3) is 4.01. The van der Waals surface area contributed by atoms with Crippen LogP contribution in [0.3, 0.4) is 0 Å². The van der Waals surface area contributed by atoms with Crippen LogP contribution in [-0.2, 0) is 11.5 Å². The van der Waals surface area contributed by atoms with Crippen molar-refractivity contribution in [3.05, 3.63) is 36.5 Å². The predicted molar refractivity (Wildman–Crippen MR) is 84.3 cm³/mol. The van der Waals surface area contributed by atoms with E-state index < -0.39 is 8.07 Å². The van der Waals surface area contributed by atoms with E-state index in [1.165, 1.54) is 6.04 Å². The van der Waals surface area contributed by atoms with Gasteiger partial charge in [-0.05, 0) is 25.1 Å². The minimum Gasteiger partial charge on any atom is -0.361 e. The summed E-state index contributed by atoms with van der Waals surface area (Å²) >= 11 is 0. The quantitative estimate of drug-likeness (QED) is 0.603. The van der Waals surface area contributed by atoms with Crippen LogP contribution in [0, 0.1) is 6.92 Å². The van der Waals surface area contributed by atoms with Crippen molar-refractivity contribution >= 4 is 8.07 Å². The van der Waals surface area contributed by atoms with Crippen molar-refractivity contribution in [1.82, 2.24) is 14.5 Å². The summed E-state index contributed by atoms with van der Waals surface area (Å²) in [5.74, 6) is 0. The molecule has 0 bridgehead atoms. The molecule has 2 aromatic heterocycles. The Labute approximate surface area is 121 Å². The molecule has 20 heavy (non-hydrogen) atoms. The largest absolute Gasteiger partial charge is 0.361 e. The fourth-order valence-corrected chi connectivity index (χ4v) is 2.66. The van der Waals surface area contributed by atoms with Gasteiger partial charge in [0.2, 0.25) is 0 Å². The Morgan fingerprint density at radius 3 is 2.55 bits per heavy atom. The number of nitrogens with zero attached hydrogens (tertiary/aromatic N) is 3. The van der Waals surface area contributed by atoms with Gasteiger partial charge in [0.05, 0.1) is 12.0 Å². The molecule has 0 aromatic carbocycles. The lowest BCUT2D eigenvalue weighted by Crippen LogP contribution is -2.22. The zero-order chi connectivity index (χ0) is 14.6. The normalized spacial score (nSPS) is 11.8. The second-order valence-corrected chi connectivity index (χ2v) is 11.9. The number of ether oxygens (including phenoxy) is 1. The molecule has 0 saturated carbocycles. The molecule has 0 aliphatic rings. The molecule has 0 spiro atoms. The topological polar surface area (TPSA) is 39.9 Å². The van der Waals surface area contributed by atoms with Crippen molar-refractivity contribution < 1.29 is 4.74 Å². The first-order chi connectivity index (χ1) is 9.47. The van der Waals surface area contributed by atoms with Gasteiger partial charge in [-0.15, -0.1) is 0 Å². The average Bonchev–Trinajstić information content (AvgIpc) is 2.76. The molecule has 0 aliphatic carbocycles. The van der Waals surface area contributed by atoms with Crippen LogP contribution >= 0.6 is 0 Å². The second-order valence-electron chi connectivity index (χ2n) is 6.23. The average molecular weight is 289 g/mol. The number of pyridine rings is 1. The van der Waals surface area contributed by atoms with Gasteiger partial charge in [0.1, 0.15) is 6.73 Å². The Morgan fingerprint density at radius 2 is 1.90 bits per heavy atom. The van der Waals surface area contributed by atoms with Crippen molar-refractivity contribution in [2.75, 3.05) is 6.61 Å². The highest BCUT2D eigenvalue weighted by Gasteiger charge is 2.13. The third-order valence-electron chi connectivity index (χ3n) is 3.28. The van der Waals surface area contributed by atoms with Crippen LogP contribution in [0.5, 0.6) is 0 Å². The number of imidazole rings is 1. The summed E-state index contributed by atoms with van der Waals surface area (Å²) in [5.41, 5.74) is 3.23. The highest BCUT2D eigenvalue weighted by atomic mass is 28.3. The van der Waals surface area contributed by atoms with E-state index in [1.54, 1.807) is 12.4 Å². The van der Waals surface area contributed by atoms with Gasteiger partial charge >= 0.3 is 0 Å². The fourth-order valence-electron chi connectivity index (χ4n) is 1.91. The van der Waals surface area contributed by atoms with Gasteiger partial charge in [0.15, 0.2) is 0 Å². The van der Waals surface area contributed by atoms with Gasteiger partial charge in [0, 0.05) is 38.3 Å². The summed E-state index contributed by atoms with van der Waals surface area (Å²) in [6.07, 6.45) is 5.43. The predicted octanol–water partition coefficient (Wildman–Crippen LogP) is 3.57. The summed E-state index contributed by atoms with van der Waals surface area (Å²) in [6, 6.07) is 5.15. The van der Waals surface area contributed by atoms with E-state index in [4.69, 9.17) is 4.74 Å². The Balaban J connectivity index is 1.96. The van der Waals surface area contributed by atoms with Crippen molar-refractivity contribution in [1.29, 1.82) is 0 Å². The van der Waals surface area contributed by atoms with Crippen LogP contribution in [0.2, 0.25) is 25.7 Å². The maximum atomic E-state index is 5.77. The molecule has 5 heteroatoms. The number of aromatic nitrogens is 3. The first-order valence-electron chi connectivity index (χ1n) is 6.97. The highest BCUT2D eigenvalue weighted by molar-refractivity contribution is 6.76. The van der Waals surface area contributed by atoms with Crippen LogP contribution in [0.25, 0.3) is 11.3 Å². The SMILES string of the molecule is Cc1c(-c2ccncc2)ncn1COCC[Si](C)(C)C. The van der Waals surface area contributed by atoms with E-state index in [0.29, 0.717) is 6.73 Å². The standard InChI is InChI=1S/C15H23N3OSi/c1-13-15(14-5-7-16-8-6-14)17-11-18(13)12-19-9-10-20(2,3)4/h5-8,11H,9-10,12H2,1-4H3. The van der Waals surface area contributed by atoms with Crippen LogP contribution < -0.4 is 0 Å². The molecular weight excluding hydrogens is 266 g/mol. The molecule has 0 radical (unpaired) electrons. The zero-order valence-electron chi connectivity index (χ0n) is 12.8. The zero-order valence-corrected chi connectivity index (χ0v) is 13.8. The van der Waals surface area contributed by atoms with E-state index in [1.807, 2.05) is 18.5 Å². The lowest BCUT2D eigenvalue weighted by molar-refractivity contribution is 0.0859. The molecule has 0 N–H and O–H groups in total. The second kappa shape index (κ2) is 6.32. The first-order valence-corrected chi connectivity index (χ1v) is 10.7. The minimum absolute atomic E-state index is 0.578. The first kappa shape index (κ1) is 14.9. The fraction of sp³-hybridized carbons (Fsp3) is 0.467. The number of hydrogen-bond acceptors (Lipinski definition) is 3. The van der Waals surface area contributed by atoms with Crippen molar-refractivity contribution in [2.45, 2.75) is 39.3 Å². The molecule has 0 aliphatic heterocycles. The molecule has 108 valence electrons. The summed E-state index contributed by atoms with van der Waals surface area (Å²) in [6.45, 7) is 10.6. The number of hydrogen-bond donors (Lipinski definition) is 0. The van der Waals surface area contributed by atoms with Gasteiger partial charge in [-0.25, -0.2) is 4.98 Å². The Kier molecular flexibility index (Phi) is 4.72. The minimum atomic E-state index is -1.01. The van der Waals surface area contributed by atoms with Gasteiger partial charge in [-0.1, -0.05) is 19.6 Å². The molecule has 2 rings (SSSR count). The van der Waals surface area contributed by atoms with Crippen molar-refractivity contribution in [3.63, 3.8) is 0 Å². The molecule has 0 fully saturated rings. The van der Waals surface area contributed by atoms with Gasteiger partial charge in [-0.2, -0.15) is 0 Å². The number of rotatable bonds is 6. The maximum Gasteiger partial charge on any atom is 0.124 e. The third-order valence-corrected chi connectivity index (χ3v) is 4.98. The summed E-state index contributed by atoms with van der Waals surface area (Å²) in [4.78, 5) is 8.51. The molecule has 0 amide bonds. The molecule has 0 saturated heterocycles. The van der Waals surface area contributed by atoms with Crippen molar-refractivity contribution in [3.8, 4) is 11.3 Å².